The minimum absolute atomic E-state index is 0.124. The molecule has 4 rings (SSSR count). The molecule has 1 aliphatic heterocycles. The number of benzene rings is 3. The minimum Gasteiger partial charge on any atom is -0.325 e. The second-order valence-electron chi connectivity index (χ2n) is 7.70. The van der Waals surface area contributed by atoms with Gasteiger partial charge in [-0.25, -0.2) is 12.8 Å². The van der Waals surface area contributed by atoms with Crippen LogP contribution in [0.1, 0.15) is 5.56 Å². The lowest BCUT2D eigenvalue weighted by atomic mass is 10.1. The number of aryl methyl sites for hydroxylation is 1. The molecule has 1 saturated heterocycles. The lowest BCUT2D eigenvalue weighted by Crippen LogP contribution is -2.50. The van der Waals surface area contributed by atoms with Crippen molar-refractivity contribution in [1.82, 2.24) is 9.21 Å². The van der Waals surface area contributed by atoms with Crippen molar-refractivity contribution in [2.75, 3.05) is 38.0 Å². The highest BCUT2D eigenvalue weighted by molar-refractivity contribution is 7.89. The van der Waals surface area contributed by atoms with Gasteiger partial charge in [-0.1, -0.05) is 36.4 Å². The van der Waals surface area contributed by atoms with Crippen molar-refractivity contribution in [1.29, 1.82) is 0 Å². The van der Waals surface area contributed by atoms with Crippen LogP contribution in [0.15, 0.2) is 65.6 Å². The summed E-state index contributed by atoms with van der Waals surface area (Å²) in [6.07, 6.45) is 0. The molecule has 0 bridgehead atoms. The fourth-order valence-corrected chi connectivity index (χ4v) is 5.14. The van der Waals surface area contributed by atoms with E-state index in [1.807, 2.05) is 35.2 Å². The fourth-order valence-electron chi connectivity index (χ4n) is 3.68. The van der Waals surface area contributed by atoms with E-state index in [2.05, 4.69) is 5.32 Å². The maximum absolute atomic E-state index is 13.6. The second-order valence-corrected chi connectivity index (χ2v) is 9.64. The van der Waals surface area contributed by atoms with Gasteiger partial charge in [-0.15, -0.1) is 0 Å². The van der Waals surface area contributed by atoms with Gasteiger partial charge in [0.2, 0.25) is 15.9 Å². The Hall–Kier alpha value is -2.81. The van der Waals surface area contributed by atoms with E-state index in [0.29, 0.717) is 37.4 Å². The summed E-state index contributed by atoms with van der Waals surface area (Å²) in [6, 6.07) is 17.4. The summed E-state index contributed by atoms with van der Waals surface area (Å²) in [5, 5.41) is 4.56. The fraction of sp³-hybridized carbons (Fsp3) is 0.261. The number of carbonyl (C=O) groups excluding carboxylic acids is 1. The number of fused-ring (bicyclic) bond motifs is 1. The molecule has 0 spiro atoms. The van der Waals surface area contributed by atoms with Crippen molar-refractivity contribution in [2.24, 2.45) is 0 Å². The van der Waals surface area contributed by atoms with Gasteiger partial charge in [0.1, 0.15) is 5.82 Å². The summed E-state index contributed by atoms with van der Waals surface area (Å²) in [5.74, 6) is -0.626. The van der Waals surface area contributed by atoms with Crippen molar-refractivity contribution < 1.29 is 17.6 Å². The summed E-state index contributed by atoms with van der Waals surface area (Å²) in [6.45, 7) is 3.29. The normalized spacial score (nSPS) is 15.8. The molecule has 1 amide bonds. The lowest BCUT2D eigenvalue weighted by Gasteiger charge is -2.33. The Kier molecular flexibility index (Phi) is 6.04. The standard InChI is InChI=1S/C23H24FN3O3S/c1-17-6-8-20(15-22(17)24)25-23(28)16-26-10-12-27(13-11-26)31(29,30)21-9-7-18-4-2-3-5-19(18)14-21/h2-9,14-15H,10-13,16H2,1H3,(H,25,28). The van der Waals surface area contributed by atoms with Gasteiger partial charge in [-0.2, -0.15) is 4.31 Å². The van der Waals surface area contributed by atoms with E-state index in [4.69, 9.17) is 0 Å². The molecule has 8 heteroatoms. The number of anilines is 1. The monoisotopic (exact) mass is 441 g/mol. The molecule has 3 aromatic carbocycles. The number of halogens is 1. The van der Waals surface area contributed by atoms with Crippen molar-refractivity contribution in [3.05, 3.63) is 72.0 Å². The van der Waals surface area contributed by atoms with Crippen LogP contribution in [-0.4, -0.2) is 56.3 Å². The average molecular weight is 442 g/mol. The number of carbonyl (C=O) groups is 1. The largest absolute Gasteiger partial charge is 0.325 e. The molecule has 1 aliphatic rings. The molecule has 0 aliphatic carbocycles. The average Bonchev–Trinajstić information content (AvgIpc) is 2.76. The van der Waals surface area contributed by atoms with Crippen LogP contribution < -0.4 is 5.32 Å². The summed E-state index contributed by atoms with van der Waals surface area (Å²) in [5.41, 5.74) is 0.923. The third-order valence-corrected chi connectivity index (χ3v) is 7.41. The van der Waals surface area contributed by atoms with Crippen LogP contribution in [0.5, 0.6) is 0 Å². The van der Waals surface area contributed by atoms with Crippen molar-refractivity contribution in [2.45, 2.75) is 11.8 Å². The second kappa shape index (κ2) is 8.74. The van der Waals surface area contributed by atoms with Gasteiger partial charge in [-0.3, -0.25) is 9.69 Å². The van der Waals surface area contributed by atoms with Crippen LogP contribution in [0, 0.1) is 12.7 Å². The number of hydrogen-bond acceptors (Lipinski definition) is 4. The molecule has 1 N–H and O–H groups in total. The Morgan fingerprint density at radius 3 is 2.39 bits per heavy atom. The summed E-state index contributed by atoms with van der Waals surface area (Å²) in [4.78, 5) is 14.5. The van der Waals surface area contributed by atoms with Gasteiger partial charge in [0.15, 0.2) is 0 Å². The van der Waals surface area contributed by atoms with Crippen LogP contribution >= 0.6 is 0 Å². The third-order valence-electron chi connectivity index (χ3n) is 5.51. The first-order chi connectivity index (χ1) is 14.8. The summed E-state index contributed by atoms with van der Waals surface area (Å²) < 4.78 is 41.2. The van der Waals surface area contributed by atoms with E-state index in [-0.39, 0.29) is 23.2 Å². The van der Waals surface area contributed by atoms with Crippen LogP contribution in [0.25, 0.3) is 10.8 Å². The van der Waals surface area contributed by atoms with Gasteiger partial charge in [-0.05, 0) is 47.5 Å². The molecule has 1 heterocycles. The Morgan fingerprint density at radius 1 is 0.968 bits per heavy atom. The molecular weight excluding hydrogens is 417 g/mol. The predicted molar refractivity (Wildman–Crippen MR) is 119 cm³/mol. The molecule has 31 heavy (non-hydrogen) atoms. The van der Waals surface area contributed by atoms with Crippen LogP contribution in [-0.2, 0) is 14.8 Å². The van der Waals surface area contributed by atoms with Gasteiger partial charge >= 0.3 is 0 Å². The summed E-state index contributed by atoms with van der Waals surface area (Å²) >= 11 is 0. The first kappa shape index (κ1) is 21.4. The summed E-state index contributed by atoms with van der Waals surface area (Å²) in [7, 11) is -3.60. The van der Waals surface area contributed by atoms with E-state index in [0.717, 1.165) is 10.8 Å². The number of rotatable bonds is 5. The number of nitrogens with zero attached hydrogens (tertiary/aromatic N) is 2. The Balaban J connectivity index is 1.36. The zero-order chi connectivity index (χ0) is 22.0. The van der Waals surface area contributed by atoms with E-state index >= 15 is 0 Å². The first-order valence-corrected chi connectivity index (χ1v) is 11.5. The number of amides is 1. The van der Waals surface area contributed by atoms with Crippen molar-refractivity contribution >= 4 is 32.4 Å². The molecule has 0 aromatic heterocycles. The minimum atomic E-state index is -3.60. The van der Waals surface area contributed by atoms with Crippen LogP contribution in [0.4, 0.5) is 10.1 Å². The van der Waals surface area contributed by atoms with E-state index in [9.17, 15) is 17.6 Å². The third kappa shape index (κ3) is 4.76. The Bertz CT molecular complexity index is 1220. The number of sulfonamides is 1. The van der Waals surface area contributed by atoms with Gasteiger partial charge < -0.3 is 5.32 Å². The maximum Gasteiger partial charge on any atom is 0.243 e. The highest BCUT2D eigenvalue weighted by Gasteiger charge is 2.29. The van der Waals surface area contributed by atoms with E-state index < -0.39 is 10.0 Å². The maximum atomic E-state index is 13.6. The zero-order valence-corrected chi connectivity index (χ0v) is 18.0. The molecule has 0 radical (unpaired) electrons. The Morgan fingerprint density at radius 2 is 1.68 bits per heavy atom. The molecule has 3 aromatic rings. The predicted octanol–water partition coefficient (Wildman–Crippen LogP) is 3.23. The van der Waals surface area contributed by atoms with E-state index in [1.54, 1.807) is 31.2 Å². The molecule has 0 atom stereocenters. The van der Waals surface area contributed by atoms with Gasteiger partial charge in [0.05, 0.1) is 11.4 Å². The highest BCUT2D eigenvalue weighted by Crippen LogP contribution is 2.23. The molecule has 0 saturated carbocycles. The van der Waals surface area contributed by atoms with Crippen molar-refractivity contribution in [3.63, 3.8) is 0 Å². The zero-order valence-electron chi connectivity index (χ0n) is 17.2. The van der Waals surface area contributed by atoms with Gasteiger partial charge in [0, 0.05) is 31.9 Å². The SMILES string of the molecule is Cc1ccc(NC(=O)CN2CCN(S(=O)(=O)c3ccc4ccccc4c3)CC2)cc1F. The molecule has 1 fully saturated rings. The number of nitrogens with one attached hydrogen (secondary N) is 1. The molecular formula is C23H24FN3O3S. The van der Waals surface area contributed by atoms with E-state index in [1.165, 1.54) is 10.4 Å². The smallest absolute Gasteiger partial charge is 0.243 e. The van der Waals surface area contributed by atoms with Crippen LogP contribution in [0.3, 0.4) is 0 Å². The Labute approximate surface area is 181 Å². The first-order valence-electron chi connectivity index (χ1n) is 10.1. The van der Waals surface area contributed by atoms with Gasteiger partial charge in [0.25, 0.3) is 0 Å². The quantitative estimate of drug-likeness (QED) is 0.660. The number of hydrogen-bond donors (Lipinski definition) is 1. The molecule has 0 unspecified atom stereocenters. The van der Waals surface area contributed by atoms with Crippen molar-refractivity contribution in [3.8, 4) is 0 Å². The van der Waals surface area contributed by atoms with Crippen LogP contribution in [0.2, 0.25) is 0 Å². The lowest BCUT2D eigenvalue weighted by molar-refractivity contribution is -0.117. The topological polar surface area (TPSA) is 69.7 Å². The highest BCUT2D eigenvalue weighted by atomic mass is 32.2. The number of piperazine rings is 1. The molecule has 6 nitrogen and oxygen atoms in total. The molecule has 162 valence electrons.